The number of rotatable bonds is 3. The lowest BCUT2D eigenvalue weighted by Gasteiger charge is -2.04. The number of amides is 1. The van der Waals surface area contributed by atoms with Crippen molar-refractivity contribution in [3.63, 3.8) is 0 Å². The molecule has 0 radical (unpaired) electrons. The van der Waals surface area contributed by atoms with E-state index in [1.807, 2.05) is 0 Å². The maximum atomic E-state index is 11.9. The quantitative estimate of drug-likeness (QED) is 0.852. The molecule has 0 spiro atoms. The van der Waals surface area contributed by atoms with Crippen molar-refractivity contribution in [1.82, 2.24) is 5.32 Å². The second-order valence-electron chi connectivity index (χ2n) is 4.60. The third-order valence-corrected chi connectivity index (χ3v) is 3.10. The molecule has 1 aliphatic carbocycles. The Morgan fingerprint density at radius 1 is 1.37 bits per heavy atom. The van der Waals surface area contributed by atoms with Crippen LogP contribution >= 0.6 is 0 Å². The van der Waals surface area contributed by atoms with Crippen molar-refractivity contribution in [3.8, 4) is 5.75 Å². The fourth-order valence-corrected chi connectivity index (χ4v) is 1.88. The average molecular weight is 259 g/mol. The summed E-state index contributed by atoms with van der Waals surface area (Å²) in [6.45, 7) is 0. The molecule has 19 heavy (non-hydrogen) atoms. The van der Waals surface area contributed by atoms with Crippen LogP contribution in [0.3, 0.4) is 0 Å². The van der Waals surface area contributed by atoms with Crippen LogP contribution in [0.4, 0.5) is 0 Å². The van der Waals surface area contributed by atoms with Crippen molar-refractivity contribution in [2.24, 2.45) is 0 Å². The highest BCUT2D eigenvalue weighted by Gasteiger charge is 2.25. The summed E-state index contributed by atoms with van der Waals surface area (Å²) in [6.07, 6.45) is 1.94. The molecule has 2 aromatic rings. The summed E-state index contributed by atoms with van der Waals surface area (Å²) in [5.74, 6) is 0.274. The third-order valence-electron chi connectivity index (χ3n) is 3.10. The van der Waals surface area contributed by atoms with E-state index >= 15 is 0 Å². The number of benzene rings is 1. The smallest absolute Gasteiger partial charge is 0.349 e. The molecule has 3 rings (SSSR count). The largest absolute Gasteiger partial charge is 0.497 e. The van der Waals surface area contributed by atoms with Gasteiger partial charge in [0.15, 0.2) is 0 Å². The van der Waals surface area contributed by atoms with Crippen LogP contribution in [0.5, 0.6) is 5.75 Å². The third kappa shape index (κ3) is 2.31. The van der Waals surface area contributed by atoms with Crippen molar-refractivity contribution in [2.45, 2.75) is 18.9 Å². The molecule has 1 aromatic heterocycles. The number of hydrogen-bond acceptors (Lipinski definition) is 4. The first-order valence-electron chi connectivity index (χ1n) is 6.10. The first-order valence-corrected chi connectivity index (χ1v) is 6.10. The zero-order valence-electron chi connectivity index (χ0n) is 10.4. The molecule has 1 N–H and O–H groups in total. The minimum Gasteiger partial charge on any atom is -0.497 e. The number of carbonyl (C=O) groups is 1. The van der Waals surface area contributed by atoms with Crippen LogP contribution in [0.25, 0.3) is 11.0 Å². The van der Waals surface area contributed by atoms with Gasteiger partial charge < -0.3 is 14.5 Å². The zero-order chi connectivity index (χ0) is 13.4. The first-order chi connectivity index (χ1) is 9.17. The lowest BCUT2D eigenvalue weighted by Crippen LogP contribution is -2.29. The highest BCUT2D eigenvalue weighted by molar-refractivity contribution is 5.97. The molecular weight excluding hydrogens is 246 g/mol. The highest BCUT2D eigenvalue weighted by Crippen LogP contribution is 2.22. The first kappa shape index (κ1) is 11.8. The number of carbonyl (C=O) groups excluding carboxylic acids is 1. The molecule has 1 aromatic carbocycles. The van der Waals surface area contributed by atoms with E-state index < -0.39 is 5.63 Å². The molecule has 1 saturated carbocycles. The Morgan fingerprint density at radius 2 is 2.16 bits per heavy atom. The van der Waals surface area contributed by atoms with Gasteiger partial charge in [-0.15, -0.1) is 0 Å². The van der Waals surface area contributed by atoms with E-state index in [1.165, 1.54) is 0 Å². The molecule has 0 bridgehead atoms. The number of fused-ring (bicyclic) bond motifs is 1. The summed E-state index contributed by atoms with van der Waals surface area (Å²) >= 11 is 0. The molecule has 5 heteroatoms. The van der Waals surface area contributed by atoms with Crippen LogP contribution in [0.15, 0.2) is 33.5 Å². The second kappa shape index (κ2) is 4.42. The summed E-state index contributed by atoms with van der Waals surface area (Å²) < 4.78 is 10.3. The van der Waals surface area contributed by atoms with Gasteiger partial charge in [0.25, 0.3) is 5.91 Å². The summed E-state index contributed by atoms with van der Waals surface area (Å²) in [6, 6.07) is 6.83. The summed E-state index contributed by atoms with van der Waals surface area (Å²) in [5.41, 5.74) is -0.141. The van der Waals surface area contributed by atoms with Crippen molar-refractivity contribution in [3.05, 3.63) is 40.2 Å². The average Bonchev–Trinajstić information content (AvgIpc) is 3.21. The topological polar surface area (TPSA) is 68.5 Å². The minimum absolute atomic E-state index is 0.0349. The van der Waals surface area contributed by atoms with Gasteiger partial charge in [-0.3, -0.25) is 4.79 Å². The Kier molecular flexibility index (Phi) is 2.74. The number of ether oxygens (including phenoxy) is 1. The van der Waals surface area contributed by atoms with Gasteiger partial charge in [-0.2, -0.15) is 0 Å². The SMILES string of the molecule is COc1ccc2oc(=O)c(C(=O)NC3CC3)cc2c1. The van der Waals surface area contributed by atoms with Crippen molar-refractivity contribution < 1.29 is 13.9 Å². The van der Waals surface area contributed by atoms with Crippen LogP contribution < -0.4 is 15.7 Å². The van der Waals surface area contributed by atoms with E-state index in [2.05, 4.69) is 5.32 Å². The van der Waals surface area contributed by atoms with Gasteiger partial charge in [-0.05, 0) is 37.1 Å². The van der Waals surface area contributed by atoms with E-state index in [4.69, 9.17) is 9.15 Å². The fraction of sp³-hybridized carbons (Fsp3) is 0.286. The number of hydrogen-bond donors (Lipinski definition) is 1. The molecule has 98 valence electrons. The van der Waals surface area contributed by atoms with Gasteiger partial charge in [0.1, 0.15) is 16.9 Å². The lowest BCUT2D eigenvalue weighted by molar-refractivity contribution is 0.0947. The van der Waals surface area contributed by atoms with E-state index in [-0.39, 0.29) is 17.5 Å². The van der Waals surface area contributed by atoms with Gasteiger partial charge in [0, 0.05) is 11.4 Å². The number of nitrogens with one attached hydrogen (secondary N) is 1. The van der Waals surface area contributed by atoms with Crippen LogP contribution in [0.2, 0.25) is 0 Å². The number of methoxy groups -OCH3 is 1. The molecule has 1 amide bonds. The summed E-state index contributed by atoms with van der Waals surface area (Å²) in [7, 11) is 1.56. The van der Waals surface area contributed by atoms with Crippen LogP contribution in [-0.4, -0.2) is 19.1 Å². The van der Waals surface area contributed by atoms with Gasteiger partial charge >= 0.3 is 5.63 Å². The molecule has 5 nitrogen and oxygen atoms in total. The predicted octanol–water partition coefficient (Wildman–Crippen LogP) is 1.69. The van der Waals surface area contributed by atoms with Gasteiger partial charge in [0.2, 0.25) is 0 Å². The van der Waals surface area contributed by atoms with Crippen molar-refractivity contribution >= 4 is 16.9 Å². The summed E-state index contributed by atoms with van der Waals surface area (Å²) in [4.78, 5) is 23.7. The van der Waals surface area contributed by atoms with Gasteiger partial charge in [-0.25, -0.2) is 4.79 Å². The Bertz CT molecular complexity index is 700. The molecule has 1 aliphatic rings. The monoisotopic (exact) mass is 259 g/mol. The Morgan fingerprint density at radius 3 is 2.84 bits per heavy atom. The molecule has 1 heterocycles. The Balaban J connectivity index is 2.05. The van der Waals surface area contributed by atoms with E-state index in [0.29, 0.717) is 16.7 Å². The fourth-order valence-electron chi connectivity index (χ4n) is 1.88. The second-order valence-corrected chi connectivity index (χ2v) is 4.60. The Hall–Kier alpha value is -2.30. The Labute approximate surface area is 109 Å². The normalized spacial score (nSPS) is 14.4. The van der Waals surface area contributed by atoms with Gasteiger partial charge in [0.05, 0.1) is 7.11 Å². The van der Waals surface area contributed by atoms with Crippen LogP contribution in [-0.2, 0) is 0 Å². The predicted molar refractivity (Wildman–Crippen MR) is 69.5 cm³/mol. The highest BCUT2D eigenvalue weighted by atomic mass is 16.5. The van der Waals surface area contributed by atoms with Crippen LogP contribution in [0.1, 0.15) is 23.2 Å². The standard InChI is InChI=1S/C14H13NO4/c1-18-10-4-5-12-8(6-10)7-11(14(17)19-12)13(16)15-9-2-3-9/h4-7,9H,2-3H2,1H3,(H,15,16). The van der Waals surface area contributed by atoms with Crippen LogP contribution in [0, 0.1) is 0 Å². The zero-order valence-corrected chi connectivity index (χ0v) is 10.4. The van der Waals surface area contributed by atoms with Crippen molar-refractivity contribution in [2.75, 3.05) is 7.11 Å². The molecule has 0 unspecified atom stereocenters. The van der Waals surface area contributed by atoms with Gasteiger partial charge in [-0.1, -0.05) is 0 Å². The molecule has 1 fully saturated rings. The molecular formula is C14H13NO4. The maximum Gasteiger partial charge on any atom is 0.349 e. The van der Waals surface area contributed by atoms with Crippen molar-refractivity contribution in [1.29, 1.82) is 0 Å². The van der Waals surface area contributed by atoms with E-state index in [0.717, 1.165) is 12.8 Å². The van der Waals surface area contributed by atoms with E-state index in [1.54, 1.807) is 31.4 Å². The lowest BCUT2D eigenvalue weighted by atomic mass is 10.1. The molecule has 0 aliphatic heterocycles. The van der Waals surface area contributed by atoms with E-state index in [9.17, 15) is 9.59 Å². The molecule has 0 atom stereocenters. The summed E-state index contributed by atoms with van der Waals surface area (Å²) in [5, 5.41) is 3.44. The minimum atomic E-state index is -0.615. The maximum absolute atomic E-state index is 11.9. The molecule has 0 saturated heterocycles.